The van der Waals surface area contributed by atoms with Gasteiger partial charge in [0.05, 0.1) is 33.9 Å². The van der Waals surface area contributed by atoms with Gasteiger partial charge in [-0.05, 0) is 12.1 Å². The van der Waals surface area contributed by atoms with Crippen LogP contribution in [0, 0.1) is 11.8 Å². The highest BCUT2D eigenvalue weighted by molar-refractivity contribution is 5.78. The van der Waals surface area contributed by atoms with Crippen LogP contribution in [0.2, 0.25) is 0 Å². The van der Waals surface area contributed by atoms with E-state index >= 15 is 0 Å². The Bertz CT molecular complexity index is 668. The van der Waals surface area contributed by atoms with Crippen LogP contribution in [-0.4, -0.2) is 20.2 Å². The van der Waals surface area contributed by atoms with Gasteiger partial charge in [0.2, 0.25) is 0 Å². The number of rotatable bonds is 4. The summed E-state index contributed by atoms with van der Waals surface area (Å²) >= 11 is 0. The summed E-state index contributed by atoms with van der Waals surface area (Å²) in [7, 11) is 0. The first-order valence-corrected chi connectivity index (χ1v) is 7.46. The van der Waals surface area contributed by atoms with Gasteiger partial charge in [-0.15, -0.1) is 0 Å². The largest absolute Gasteiger partial charge is 0.512 e. The molecule has 0 bridgehead atoms. The number of aliphatic hydroxyl groups is 2. The lowest BCUT2D eigenvalue weighted by atomic mass is 10.1. The van der Waals surface area contributed by atoms with E-state index in [2.05, 4.69) is 9.97 Å². The summed E-state index contributed by atoms with van der Waals surface area (Å²) in [5.74, 6) is 0.485. The molecule has 0 radical (unpaired) electrons. The average molecular weight is 298 g/mol. The molecule has 2 rings (SSSR count). The number of fused-ring (bicyclic) bond motifs is 1. The molecule has 0 saturated carbocycles. The van der Waals surface area contributed by atoms with E-state index in [1.807, 2.05) is 52.0 Å². The topological polar surface area (TPSA) is 66.2 Å². The molecule has 0 spiro atoms. The molecule has 0 atom stereocenters. The Labute approximate surface area is 130 Å². The molecule has 0 fully saturated rings. The molecule has 22 heavy (non-hydrogen) atoms. The van der Waals surface area contributed by atoms with Gasteiger partial charge >= 0.3 is 0 Å². The fourth-order valence-electron chi connectivity index (χ4n) is 1.85. The SMILES string of the molecule is CC(C)C(O)=Cc1nc2ccccc2nc1C=C(O)C(C)C. The molecule has 0 unspecified atom stereocenters. The molecule has 1 aromatic heterocycles. The van der Waals surface area contributed by atoms with Crippen LogP contribution in [0.4, 0.5) is 0 Å². The maximum Gasteiger partial charge on any atom is 0.0970 e. The number of hydrogen-bond donors (Lipinski definition) is 2. The second-order valence-electron chi connectivity index (χ2n) is 5.93. The Kier molecular flexibility index (Phi) is 4.81. The van der Waals surface area contributed by atoms with E-state index in [0.717, 1.165) is 11.0 Å². The first-order chi connectivity index (χ1) is 10.4. The maximum atomic E-state index is 10.0. The number of nitrogens with zero attached hydrogens (tertiary/aromatic N) is 2. The molecule has 2 N–H and O–H groups in total. The van der Waals surface area contributed by atoms with Crippen LogP contribution in [0.3, 0.4) is 0 Å². The fourth-order valence-corrected chi connectivity index (χ4v) is 1.85. The summed E-state index contributed by atoms with van der Waals surface area (Å²) in [6, 6.07) is 7.55. The van der Waals surface area contributed by atoms with Gasteiger partial charge in [-0.1, -0.05) is 39.8 Å². The van der Waals surface area contributed by atoms with Gasteiger partial charge < -0.3 is 10.2 Å². The van der Waals surface area contributed by atoms with Crippen molar-refractivity contribution in [1.29, 1.82) is 0 Å². The molecule has 0 aliphatic carbocycles. The molecule has 1 heterocycles. The van der Waals surface area contributed by atoms with E-state index in [-0.39, 0.29) is 23.4 Å². The predicted octanol–water partition coefficient (Wildman–Crippen LogP) is 4.74. The number of allylic oxidation sites excluding steroid dienone is 2. The molecule has 0 aliphatic heterocycles. The Hall–Kier alpha value is -2.36. The van der Waals surface area contributed by atoms with Crippen molar-refractivity contribution in [2.45, 2.75) is 27.7 Å². The summed E-state index contributed by atoms with van der Waals surface area (Å²) < 4.78 is 0. The van der Waals surface area contributed by atoms with Crippen LogP contribution < -0.4 is 0 Å². The van der Waals surface area contributed by atoms with E-state index < -0.39 is 0 Å². The second kappa shape index (κ2) is 6.60. The second-order valence-corrected chi connectivity index (χ2v) is 5.93. The summed E-state index contributed by atoms with van der Waals surface area (Å²) in [5.41, 5.74) is 2.62. The fraction of sp³-hybridized carbons (Fsp3) is 0.333. The van der Waals surface area contributed by atoms with Crippen molar-refractivity contribution in [2.24, 2.45) is 11.8 Å². The minimum atomic E-state index is 0.00351. The highest BCUT2D eigenvalue weighted by Gasteiger charge is 2.10. The van der Waals surface area contributed by atoms with E-state index in [1.165, 1.54) is 0 Å². The van der Waals surface area contributed by atoms with Gasteiger partial charge in [-0.2, -0.15) is 0 Å². The van der Waals surface area contributed by atoms with Gasteiger partial charge in [0.1, 0.15) is 0 Å². The smallest absolute Gasteiger partial charge is 0.0970 e. The number of aromatic nitrogens is 2. The highest BCUT2D eigenvalue weighted by atomic mass is 16.3. The lowest BCUT2D eigenvalue weighted by Crippen LogP contribution is -2.00. The zero-order chi connectivity index (χ0) is 16.3. The molecule has 0 aliphatic rings. The van der Waals surface area contributed by atoms with E-state index in [1.54, 1.807) is 12.2 Å². The van der Waals surface area contributed by atoms with Crippen molar-refractivity contribution in [3.05, 3.63) is 47.2 Å². The number of para-hydroxylation sites is 2. The van der Waals surface area contributed by atoms with Gasteiger partial charge in [-0.3, -0.25) is 0 Å². The van der Waals surface area contributed by atoms with Crippen LogP contribution in [0.25, 0.3) is 23.2 Å². The van der Waals surface area contributed by atoms with Crippen LogP contribution in [0.5, 0.6) is 0 Å². The van der Waals surface area contributed by atoms with Gasteiger partial charge in [0.25, 0.3) is 0 Å². The van der Waals surface area contributed by atoms with Crippen molar-refractivity contribution >= 4 is 23.2 Å². The quantitative estimate of drug-likeness (QED) is 0.800. The number of benzene rings is 1. The molecule has 116 valence electrons. The van der Waals surface area contributed by atoms with Gasteiger partial charge in [0.15, 0.2) is 0 Å². The molecule has 0 amide bonds. The lowest BCUT2D eigenvalue weighted by molar-refractivity contribution is 0.356. The summed E-state index contributed by atoms with van der Waals surface area (Å²) in [6.45, 7) is 7.62. The van der Waals surface area contributed by atoms with Crippen molar-refractivity contribution in [3.63, 3.8) is 0 Å². The van der Waals surface area contributed by atoms with Crippen LogP contribution in [-0.2, 0) is 0 Å². The molecule has 2 aromatic rings. The third-order valence-electron chi connectivity index (χ3n) is 3.38. The minimum absolute atomic E-state index is 0.00351. The van der Waals surface area contributed by atoms with Gasteiger partial charge in [-0.25, -0.2) is 9.97 Å². The Morgan fingerprint density at radius 1 is 0.818 bits per heavy atom. The molecular formula is C18H22N2O2. The molecule has 4 heteroatoms. The van der Waals surface area contributed by atoms with Crippen LogP contribution in [0.15, 0.2) is 35.8 Å². The normalized spacial score (nSPS) is 13.4. The monoisotopic (exact) mass is 298 g/mol. The average Bonchev–Trinajstić information content (AvgIpc) is 2.47. The minimum Gasteiger partial charge on any atom is -0.512 e. The maximum absolute atomic E-state index is 10.0. The van der Waals surface area contributed by atoms with Crippen LogP contribution in [0.1, 0.15) is 39.1 Å². The number of aliphatic hydroxyl groups excluding tert-OH is 2. The molecule has 4 nitrogen and oxygen atoms in total. The Morgan fingerprint density at radius 2 is 1.18 bits per heavy atom. The molecule has 1 aromatic carbocycles. The van der Waals surface area contributed by atoms with Gasteiger partial charge in [0, 0.05) is 24.0 Å². The van der Waals surface area contributed by atoms with Crippen molar-refractivity contribution in [3.8, 4) is 0 Å². The number of hydrogen-bond acceptors (Lipinski definition) is 4. The summed E-state index contributed by atoms with van der Waals surface area (Å²) in [6.07, 6.45) is 3.23. The summed E-state index contributed by atoms with van der Waals surface area (Å²) in [4.78, 5) is 9.11. The molecule has 0 saturated heterocycles. The molecular weight excluding hydrogens is 276 g/mol. The lowest BCUT2D eigenvalue weighted by Gasteiger charge is -2.08. The van der Waals surface area contributed by atoms with E-state index in [0.29, 0.717) is 11.4 Å². The Balaban J connectivity index is 2.65. The highest BCUT2D eigenvalue weighted by Crippen LogP contribution is 2.20. The summed E-state index contributed by atoms with van der Waals surface area (Å²) in [5, 5.41) is 20.1. The Morgan fingerprint density at radius 3 is 1.50 bits per heavy atom. The van der Waals surface area contributed by atoms with Crippen molar-refractivity contribution < 1.29 is 10.2 Å². The first-order valence-electron chi connectivity index (χ1n) is 7.46. The first kappa shape index (κ1) is 16.0. The van der Waals surface area contributed by atoms with E-state index in [4.69, 9.17) is 0 Å². The third kappa shape index (κ3) is 3.64. The van der Waals surface area contributed by atoms with E-state index in [9.17, 15) is 10.2 Å². The van der Waals surface area contributed by atoms with Crippen LogP contribution >= 0.6 is 0 Å². The predicted molar refractivity (Wildman–Crippen MR) is 90.4 cm³/mol. The van der Waals surface area contributed by atoms with Crippen molar-refractivity contribution in [1.82, 2.24) is 9.97 Å². The zero-order valence-electron chi connectivity index (χ0n) is 13.4. The van der Waals surface area contributed by atoms with Crippen molar-refractivity contribution in [2.75, 3.05) is 0 Å². The zero-order valence-corrected chi connectivity index (χ0v) is 13.4. The standard InChI is InChI=1S/C18H22N2O2/c1-11(2)17(21)9-15-16(10-18(22)12(3)4)20-14-8-6-5-7-13(14)19-15/h5-12,21-22H,1-4H3. The third-order valence-corrected chi connectivity index (χ3v) is 3.38.